The van der Waals surface area contributed by atoms with Crippen LogP contribution in [0.1, 0.15) is 0 Å². The van der Waals surface area contributed by atoms with Gasteiger partial charge < -0.3 is 9.13 Å². The van der Waals surface area contributed by atoms with Crippen molar-refractivity contribution in [1.29, 1.82) is 0 Å². The number of rotatable bonds is 5. The zero-order valence-electron chi connectivity index (χ0n) is 21.3. The number of hydrogen-bond acceptors (Lipinski definition) is 1. The Labute approximate surface area is 228 Å². The van der Waals surface area contributed by atoms with Crippen LogP contribution in [-0.4, -0.2) is 4.57 Å². The van der Waals surface area contributed by atoms with Gasteiger partial charge in [-0.15, -0.1) is 0 Å². The fourth-order valence-electron chi connectivity index (χ4n) is 5.59. The van der Waals surface area contributed by atoms with E-state index in [1.54, 1.807) is 0 Å². The third-order valence-electron chi connectivity index (χ3n) is 7.49. The molecule has 0 fully saturated rings. The molecule has 0 spiro atoms. The minimum absolute atomic E-state index is 0.833. The number of benzene rings is 6. The molecule has 1 aromatic heterocycles. The van der Waals surface area contributed by atoms with Crippen molar-refractivity contribution in [1.82, 2.24) is 4.57 Å². The van der Waals surface area contributed by atoms with Crippen LogP contribution in [0.25, 0.3) is 38.6 Å². The molecule has 0 aliphatic rings. The van der Waals surface area contributed by atoms with Gasteiger partial charge in [-0.2, -0.15) is 0 Å². The Bertz CT molecular complexity index is 1960. The SMILES string of the molecule is O=P(c1ccccc1)(c1ccc(-c2ccccc2)cc1)c1ccc2c(c1)c1ccccc1n2-c1ccccc1. The van der Waals surface area contributed by atoms with Crippen LogP contribution in [0.4, 0.5) is 0 Å². The molecule has 7 aromatic rings. The first-order chi connectivity index (χ1) is 19.2. The Morgan fingerprint density at radius 3 is 1.64 bits per heavy atom. The van der Waals surface area contributed by atoms with E-state index in [2.05, 4.69) is 95.6 Å². The monoisotopic (exact) mass is 519 g/mol. The molecule has 1 heterocycles. The maximum atomic E-state index is 15.3. The topological polar surface area (TPSA) is 22.0 Å². The van der Waals surface area contributed by atoms with Gasteiger partial charge in [0, 0.05) is 32.4 Å². The first-order valence-corrected chi connectivity index (χ1v) is 14.8. The van der Waals surface area contributed by atoms with Gasteiger partial charge >= 0.3 is 0 Å². The van der Waals surface area contributed by atoms with Gasteiger partial charge in [0.2, 0.25) is 0 Å². The first kappa shape index (κ1) is 23.5. The molecule has 0 amide bonds. The van der Waals surface area contributed by atoms with Crippen molar-refractivity contribution >= 4 is 44.9 Å². The zero-order chi connectivity index (χ0) is 26.2. The van der Waals surface area contributed by atoms with E-state index in [1.807, 2.05) is 66.7 Å². The Hall–Kier alpha value is -4.65. The van der Waals surface area contributed by atoms with Crippen LogP contribution in [0.15, 0.2) is 158 Å². The molecule has 0 radical (unpaired) electrons. The summed E-state index contributed by atoms with van der Waals surface area (Å²) in [6, 6.07) is 53.6. The lowest BCUT2D eigenvalue weighted by molar-refractivity contribution is 0.592. The predicted octanol–water partition coefficient (Wildman–Crippen LogP) is 8.09. The van der Waals surface area contributed by atoms with Crippen LogP contribution in [0, 0.1) is 0 Å². The molecule has 1 atom stereocenters. The minimum Gasteiger partial charge on any atom is -0.309 e. The summed E-state index contributed by atoms with van der Waals surface area (Å²) in [5.41, 5.74) is 5.61. The molecule has 1 unspecified atom stereocenters. The lowest BCUT2D eigenvalue weighted by Crippen LogP contribution is -2.25. The summed E-state index contributed by atoms with van der Waals surface area (Å²) in [7, 11) is -3.14. The molecule has 0 N–H and O–H groups in total. The first-order valence-electron chi connectivity index (χ1n) is 13.1. The zero-order valence-corrected chi connectivity index (χ0v) is 22.2. The molecule has 3 heteroatoms. The van der Waals surface area contributed by atoms with E-state index < -0.39 is 7.14 Å². The summed E-state index contributed by atoms with van der Waals surface area (Å²) >= 11 is 0. The van der Waals surface area contributed by atoms with Crippen LogP contribution in [0.3, 0.4) is 0 Å². The van der Waals surface area contributed by atoms with E-state index in [-0.39, 0.29) is 0 Å². The molecule has 0 bridgehead atoms. The van der Waals surface area contributed by atoms with Crippen LogP contribution in [0.2, 0.25) is 0 Å². The molecule has 0 aliphatic carbocycles. The Morgan fingerprint density at radius 1 is 0.410 bits per heavy atom. The molecule has 39 heavy (non-hydrogen) atoms. The summed E-state index contributed by atoms with van der Waals surface area (Å²) in [4.78, 5) is 0. The number of para-hydroxylation sites is 2. The highest BCUT2D eigenvalue weighted by atomic mass is 31.2. The standard InChI is InChI=1S/C36H26NOP/c38-39(30-16-8-3-9-17-30,31-22-20-28(21-23-31)27-12-4-1-5-13-27)32-24-25-36-34(26-32)33-18-10-11-19-35(33)37(36)29-14-6-2-7-15-29/h1-26H. The quantitative estimate of drug-likeness (QED) is 0.211. The summed E-state index contributed by atoms with van der Waals surface area (Å²) in [6.45, 7) is 0. The van der Waals surface area contributed by atoms with Crippen LogP contribution in [0.5, 0.6) is 0 Å². The minimum atomic E-state index is -3.14. The second-order valence-corrected chi connectivity index (χ2v) is 12.5. The van der Waals surface area contributed by atoms with E-state index in [1.165, 1.54) is 0 Å². The third kappa shape index (κ3) is 3.93. The van der Waals surface area contributed by atoms with Gasteiger partial charge in [0.1, 0.15) is 0 Å². The predicted molar refractivity (Wildman–Crippen MR) is 166 cm³/mol. The van der Waals surface area contributed by atoms with Gasteiger partial charge in [-0.3, -0.25) is 0 Å². The third-order valence-corrected chi connectivity index (χ3v) is 10.5. The largest absolute Gasteiger partial charge is 0.309 e. The Balaban J connectivity index is 1.45. The van der Waals surface area contributed by atoms with Gasteiger partial charge in [0.25, 0.3) is 0 Å². The van der Waals surface area contributed by atoms with Crippen molar-refractivity contribution in [2.45, 2.75) is 0 Å². The van der Waals surface area contributed by atoms with Crippen molar-refractivity contribution in [3.8, 4) is 16.8 Å². The van der Waals surface area contributed by atoms with E-state index in [9.17, 15) is 0 Å². The fraction of sp³-hybridized carbons (Fsp3) is 0. The lowest BCUT2D eigenvalue weighted by Gasteiger charge is -2.21. The van der Waals surface area contributed by atoms with Crippen molar-refractivity contribution in [3.05, 3.63) is 158 Å². The van der Waals surface area contributed by atoms with Gasteiger partial charge in [0.15, 0.2) is 7.14 Å². The molecule has 7 rings (SSSR count). The number of fused-ring (bicyclic) bond motifs is 3. The second kappa shape index (κ2) is 9.58. The maximum Gasteiger partial charge on any atom is 0.171 e. The van der Waals surface area contributed by atoms with Crippen LogP contribution >= 0.6 is 7.14 Å². The average molecular weight is 520 g/mol. The molecular weight excluding hydrogens is 493 g/mol. The van der Waals surface area contributed by atoms with E-state index in [0.717, 1.165) is 54.5 Å². The number of aromatic nitrogens is 1. The Kier molecular flexibility index (Phi) is 5.77. The highest BCUT2D eigenvalue weighted by molar-refractivity contribution is 7.85. The summed E-state index contributed by atoms with van der Waals surface area (Å²) in [6.07, 6.45) is 0. The van der Waals surface area contributed by atoms with Crippen LogP contribution in [-0.2, 0) is 4.57 Å². The molecule has 2 nitrogen and oxygen atoms in total. The molecule has 186 valence electrons. The molecule has 6 aromatic carbocycles. The highest BCUT2D eigenvalue weighted by Gasteiger charge is 2.30. The molecule has 0 saturated heterocycles. The lowest BCUT2D eigenvalue weighted by atomic mass is 10.1. The normalized spacial score (nSPS) is 12.9. The smallest absolute Gasteiger partial charge is 0.171 e. The van der Waals surface area contributed by atoms with Crippen molar-refractivity contribution < 1.29 is 4.57 Å². The summed E-state index contributed by atoms with van der Waals surface area (Å²) in [5.74, 6) is 0. The number of nitrogens with zero attached hydrogens (tertiary/aromatic N) is 1. The van der Waals surface area contributed by atoms with Gasteiger partial charge in [-0.1, -0.05) is 121 Å². The summed E-state index contributed by atoms with van der Waals surface area (Å²) in [5, 5.41) is 4.76. The second-order valence-electron chi connectivity index (χ2n) is 9.75. The fourth-order valence-corrected chi connectivity index (χ4v) is 8.24. The van der Waals surface area contributed by atoms with Gasteiger partial charge in [-0.25, -0.2) is 0 Å². The van der Waals surface area contributed by atoms with Crippen molar-refractivity contribution in [3.63, 3.8) is 0 Å². The molecular formula is C36H26NOP. The average Bonchev–Trinajstić information content (AvgIpc) is 3.36. The maximum absolute atomic E-state index is 15.3. The Morgan fingerprint density at radius 2 is 0.923 bits per heavy atom. The summed E-state index contributed by atoms with van der Waals surface area (Å²) < 4.78 is 17.6. The van der Waals surface area contributed by atoms with E-state index in [4.69, 9.17) is 0 Å². The van der Waals surface area contributed by atoms with E-state index in [0.29, 0.717) is 0 Å². The van der Waals surface area contributed by atoms with E-state index >= 15 is 4.57 Å². The highest BCUT2D eigenvalue weighted by Crippen LogP contribution is 2.44. The molecule has 0 saturated carbocycles. The number of hydrogen-bond donors (Lipinski definition) is 0. The van der Waals surface area contributed by atoms with Gasteiger partial charge in [-0.05, 0) is 47.5 Å². The van der Waals surface area contributed by atoms with Crippen molar-refractivity contribution in [2.75, 3.05) is 0 Å². The molecule has 0 aliphatic heterocycles. The van der Waals surface area contributed by atoms with Gasteiger partial charge in [0.05, 0.1) is 11.0 Å². The van der Waals surface area contributed by atoms with Crippen molar-refractivity contribution in [2.24, 2.45) is 0 Å². The van der Waals surface area contributed by atoms with Crippen LogP contribution < -0.4 is 15.9 Å².